The molecule has 98 valence electrons. The molecule has 0 atom stereocenters. The topological polar surface area (TPSA) is 55.1 Å². The number of carbonyl (C=O) groups excluding carboxylic acids is 1. The lowest BCUT2D eigenvalue weighted by Crippen LogP contribution is -2.14. The molecule has 0 unspecified atom stereocenters. The number of benzene rings is 2. The van der Waals surface area contributed by atoms with Gasteiger partial charge in [-0.05, 0) is 30.3 Å². The monoisotopic (exact) mass is 326 g/mol. The van der Waals surface area contributed by atoms with Gasteiger partial charge >= 0.3 is 0 Å². The highest BCUT2D eigenvalue weighted by atomic mass is 79.9. The largest absolute Gasteiger partial charge is 0.399 e. The molecule has 0 fully saturated rings. The van der Waals surface area contributed by atoms with E-state index in [4.69, 9.17) is 5.73 Å². The number of rotatable bonds is 2. The molecule has 2 rings (SSSR count). The molecule has 0 aromatic heterocycles. The maximum absolute atomic E-state index is 13.6. The Balaban J connectivity index is 2.29. The van der Waals surface area contributed by atoms with Gasteiger partial charge in [0.2, 0.25) is 0 Å². The van der Waals surface area contributed by atoms with Crippen LogP contribution in [-0.4, -0.2) is 5.91 Å². The van der Waals surface area contributed by atoms with Crippen LogP contribution in [0.3, 0.4) is 0 Å². The fraction of sp³-hybridized carbons (Fsp3) is 0. The Morgan fingerprint density at radius 3 is 2.37 bits per heavy atom. The van der Waals surface area contributed by atoms with Gasteiger partial charge in [-0.2, -0.15) is 0 Å². The van der Waals surface area contributed by atoms with Crippen LogP contribution in [0.4, 0.5) is 20.2 Å². The number of carbonyl (C=O) groups is 1. The van der Waals surface area contributed by atoms with Crippen molar-refractivity contribution in [1.82, 2.24) is 0 Å². The summed E-state index contributed by atoms with van der Waals surface area (Å²) in [6.07, 6.45) is 0. The van der Waals surface area contributed by atoms with Gasteiger partial charge in [0.1, 0.15) is 5.69 Å². The van der Waals surface area contributed by atoms with Crippen molar-refractivity contribution in [3.63, 3.8) is 0 Å². The lowest BCUT2D eigenvalue weighted by molar-refractivity contribution is 0.102. The molecular weight excluding hydrogens is 318 g/mol. The van der Waals surface area contributed by atoms with Gasteiger partial charge in [0.05, 0.1) is 0 Å². The highest BCUT2D eigenvalue weighted by Crippen LogP contribution is 2.24. The quantitative estimate of drug-likeness (QED) is 0.829. The van der Waals surface area contributed by atoms with Crippen LogP contribution < -0.4 is 11.1 Å². The first kappa shape index (κ1) is 13.5. The highest BCUT2D eigenvalue weighted by molar-refractivity contribution is 9.10. The summed E-state index contributed by atoms with van der Waals surface area (Å²) in [5.41, 5.74) is 5.66. The van der Waals surface area contributed by atoms with Crippen molar-refractivity contribution in [2.75, 3.05) is 11.1 Å². The number of nitrogens with two attached hydrogens (primary N) is 1. The maximum Gasteiger partial charge on any atom is 0.255 e. The van der Waals surface area contributed by atoms with Gasteiger partial charge in [-0.25, -0.2) is 8.78 Å². The van der Waals surface area contributed by atoms with Crippen LogP contribution in [0.2, 0.25) is 0 Å². The summed E-state index contributed by atoms with van der Waals surface area (Å²) >= 11 is 2.96. The fourth-order valence-electron chi connectivity index (χ4n) is 1.53. The lowest BCUT2D eigenvalue weighted by Gasteiger charge is -2.08. The van der Waals surface area contributed by atoms with E-state index in [0.717, 1.165) is 12.1 Å². The second-order valence-corrected chi connectivity index (χ2v) is 4.74. The van der Waals surface area contributed by atoms with E-state index >= 15 is 0 Å². The molecule has 0 heterocycles. The first-order valence-corrected chi connectivity index (χ1v) is 6.08. The molecule has 0 saturated carbocycles. The van der Waals surface area contributed by atoms with Crippen molar-refractivity contribution in [3.05, 3.63) is 58.1 Å². The molecular formula is C13H9BrF2N2O. The van der Waals surface area contributed by atoms with Crippen molar-refractivity contribution in [2.45, 2.75) is 0 Å². The maximum atomic E-state index is 13.6. The molecule has 2 aromatic rings. The van der Waals surface area contributed by atoms with E-state index in [1.165, 1.54) is 12.1 Å². The normalized spacial score (nSPS) is 10.3. The third-order valence-corrected chi connectivity index (χ3v) is 2.85. The molecule has 0 spiro atoms. The van der Waals surface area contributed by atoms with Crippen molar-refractivity contribution in [1.29, 1.82) is 0 Å². The molecule has 0 saturated heterocycles. The van der Waals surface area contributed by atoms with Crippen LogP contribution in [-0.2, 0) is 0 Å². The number of anilines is 2. The number of halogens is 3. The first-order valence-electron chi connectivity index (χ1n) is 5.29. The van der Waals surface area contributed by atoms with E-state index in [1.54, 1.807) is 12.1 Å². The molecule has 0 aliphatic heterocycles. The molecule has 3 N–H and O–H groups in total. The van der Waals surface area contributed by atoms with Crippen LogP contribution in [0.25, 0.3) is 0 Å². The van der Waals surface area contributed by atoms with Gasteiger partial charge < -0.3 is 11.1 Å². The number of amides is 1. The Bertz CT molecular complexity index is 623. The van der Waals surface area contributed by atoms with Crippen molar-refractivity contribution in [2.24, 2.45) is 0 Å². The Hall–Kier alpha value is -1.95. The lowest BCUT2D eigenvalue weighted by atomic mass is 10.2. The van der Waals surface area contributed by atoms with E-state index in [2.05, 4.69) is 21.2 Å². The third-order valence-electron chi connectivity index (χ3n) is 2.39. The minimum absolute atomic E-state index is 0.224. The van der Waals surface area contributed by atoms with Crippen LogP contribution in [0.15, 0.2) is 40.9 Å². The van der Waals surface area contributed by atoms with Gasteiger partial charge in [-0.3, -0.25) is 4.79 Å². The standard InChI is InChI=1S/C13H9BrF2N2O/c14-8-5-10(15)12(11(16)6-8)18-13(19)7-2-1-3-9(17)4-7/h1-6H,17H2,(H,18,19). The SMILES string of the molecule is Nc1cccc(C(=O)Nc2c(F)cc(Br)cc2F)c1. The Kier molecular flexibility index (Phi) is 3.80. The predicted octanol–water partition coefficient (Wildman–Crippen LogP) is 3.56. The molecule has 2 aromatic carbocycles. The second-order valence-electron chi connectivity index (χ2n) is 3.82. The minimum Gasteiger partial charge on any atom is -0.399 e. The summed E-state index contributed by atoms with van der Waals surface area (Å²) < 4.78 is 27.4. The number of nitrogen functional groups attached to an aromatic ring is 1. The summed E-state index contributed by atoms with van der Waals surface area (Å²) in [5, 5.41) is 2.18. The smallest absolute Gasteiger partial charge is 0.255 e. The van der Waals surface area contributed by atoms with Gasteiger partial charge in [-0.1, -0.05) is 22.0 Å². The molecule has 0 radical (unpaired) electrons. The zero-order valence-electron chi connectivity index (χ0n) is 9.58. The van der Waals surface area contributed by atoms with Crippen LogP contribution >= 0.6 is 15.9 Å². The molecule has 0 aliphatic rings. The summed E-state index contributed by atoms with van der Waals surface area (Å²) in [5.74, 6) is -2.35. The Labute approximate surface area is 116 Å². The van der Waals surface area contributed by atoms with E-state index in [0.29, 0.717) is 5.69 Å². The van der Waals surface area contributed by atoms with E-state index in [-0.39, 0.29) is 10.0 Å². The number of hydrogen-bond donors (Lipinski definition) is 2. The molecule has 6 heteroatoms. The van der Waals surface area contributed by atoms with E-state index < -0.39 is 23.2 Å². The number of nitrogens with one attached hydrogen (secondary N) is 1. The fourth-order valence-corrected chi connectivity index (χ4v) is 1.93. The second kappa shape index (κ2) is 5.36. The van der Waals surface area contributed by atoms with Crippen LogP contribution in [0.5, 0.6) is 0 Å². The highest BCUT2D eigenvalue weighted by Gasteiger charge is 2.14. The van der Waals surface area contributed by atoms with Crippen molar-refractivity contribution >= 4 is 33.2 Å². The summed E-state index contributed by atoms with van der Waals surface area (Å²) in [4.78, 5) is 11.8. The first-order chi connectivity index (χ1) is 8.97. The van der Waals surface area contributed by atoms with Crippen LogP contribution in [0, 0.1) is 11.6 Å². The predicted molar refractivity (Wildman–Crippen MR) is 72.9 cm³/mol. The summed E-state index contributed by atoms with van der Waals surface area (Å²) in [6, 6.07) is 8.25. The Morgan fingerprint density at radius 2 is 1.79 bits per heavy atom. The average Bonchev–Trinajstić information content (AvgIpc) is 2.33. The average molecular weight is 327 g/mol. The number of hydrogen-bond acceptors (Lipinski definition) is 2. The summed E-state index contributed by atoms with van der Waals surface area (Å²) in [7, 11) is 0. The molecule has 1 amide bonds. The third kappa shape index (κ3) is 3.08. The molecule has 3 nitrogen and oxygen atoms in total. The molecule has 0 aliphatic carbocycles. The molecule has 19 heavy (non-hydrogen) atoms. The summed E-state index contributed by atoms with van der Waals surface area (Å²) in [6.45, 7) is 0. The zero-order valence-corrected chi connectivity index (χ0v) is 11.2. The van der Waals surface area contributed by atoms with Crippen molar-refractivity contribution in [3.8, 4) is 0 Å². The van der Waals surface area contributed by atoms with Gasteiger partial charge in [0.15, 0.2) is 11.6 Å². The zero-order chi connectivity index (χ0) is 14.0. The van der Waals surface area contributed by atoms with Crippen molar-refractivity contribution < 1.29 is 13.6 Å². The van der Waals surface area contributed by atoms with Gasteiger partial charge in [0.25, 0.3) is 5.91 Å². The Morgan fingerprint density at radius 1 is 1.16 bits per heavy atom. The van der Waals surface area contributed by atoms with Gasteiger partial charge in [-0.15, -0.1) is 0 Å². The minimum atomic E-state index is -0.857. The van der Waals surface area contributed by atoms with Gasteiger partial charge in [0, 0.05) is 15.7 Å². The van der Waals surface area contributed by atoms with E-state index in [9.17, 15) is 13.6 Å². The van der Waals surface area contributed by atoms with Crippen LogP contribution in [0.1, 0.15) is 10.4 Å². The molecule has 0 bridgehead atoms. The van der Waals surface area contributed by atoms with E-state index in [1.807, 2.05) is 0 Å².